The van der Waals surface area contributed by atoms with E-state index < -0.39 is 16.0 Å². The Hall–Kier alpha value is -0.960. The first-order valence-electron chi connectivity index (χ1n) is 7.32. The van der Waals surface area contributed by atoms with Crippen LogP contribution in [-0.2, 0) is 19.5 Å². The quantitative estimate of drug-likeness (QED) is 0.758. The van der Waals surface area contributed by atoms with E-state index in [0.29, 0.717) is 44.7 Å². The van der Waals surface area contributed by atoms with Crippen molar-refractivity contribution >= 4 is 27.3 Å². The lowest BCUT2D eigenvalue weighted by Gasteiger charge is -2.25. The molecule has 0 spiro atoms. The van der Waals surface area contributed by atoms with E-state index in [0.717, 1.165) is 17.8 Å². The van der Waals surface area contributed by atoms with Gasteiger partial charge >= 0.3 is 5.97 Å². The number of hydrogen-bond acceptors (Lipinski definition) is 6. The lowest BCUT2D eigenvalue weighted by molar-refractivity contribution is 0.0482. The summed E-state index contributed by atoms with van der Waals surface area (Å²) in [7, 11) is -3.67. The van der Waals surface area contributed by atoms with Crippen LogP contribution in [0.3, 0.4) is 0 Å². The predicted molar refractivity (Wildman–Crippen MR) is 81.5 cm³/mol. The van der Waals surface area contributed by atoms with Gasteiger partial charge in [-0.2, -0.15) is 4.31 Å². The zero-order valence-electron chi connectivity index (χ0n) is 12.4. The van der Waals surface area contributed by atoms with Gasteiger partial charge in [0.25, 0.3) is 0 Å². The van der Waals surface area contributed by atoms with E-state index in [4.69, 9.17) is 9.47 Å². The maximum atomic E-state index is 12.6. The summed E-state index contributed by atoms with van der Waals surface area (Å²) in [6.07, 6.45) is 1.07. The number of carbonyl (C=O) groups excluding carboxylic acids is 1. The van der Waals surface area contributed by atoms with Crippen LogP contribution < -0.4 is 0 Å². The molecule has 0 bridgehead atoms. The van der Waals surface area contributed by atoms with Crippen molar-refractivity contribution in [2.75, 3.05) is 32.9 Å². The van der Waals surface area contributed by atoms with Gasteiger partial charge in [0.15, 0.2) is 0 Å². The number of esters is 1. The monoisotopic (exact) mass is 345 g/mol. The summed E-state index contributed by atoms with van der Waals surface area (Å²) in [6, 6.07) is 1.48. The van der Waals surface area contributed by atoms with Crippen LogP contribution in [0, 0.1) is 11.8 Å². The number of thiophene rings is 1. The molecule has 1 saturated heterocycles. The van der Waals surface area contributed by atoms with Crippen molar-refractivity contribution in [3.63, 3.8) is 0 Å². The summed E-state index contributed by atoms with van der Waals surface area (Å²) in [5, 5.41) is 1.61. The smallest absolute Gasteiger partial charge is 0.349 e. The van der Waals surface area contributed by atoms with Crippen molar-refractivity contribution < 1.29 is 22.7 Å². The maximum absolute atomic E-state index is 12.6. The molecule has 0 radical (unpaired) electrons. The van der Waals surface area contributed by atoms with Crippen LogP contribution in [0.15, 0.2) is 16.3 Å². The Balaban J connectivity index is 1.74. The van der Waals surface area contributed by atoms with Gasteiger partial charge in [-0.15, -0.1) is 11.3 Å². The summed E-state index contributed by atoms with van der Waals surface area (Å²) in [4.78, 5) is 12.4. The second kappa shape index (κ2) is 6.27. The van der Waals surface area contributed by atoms with Crippen LogP contribution in [0.2, 0.25) is 0 Å². The van der Waals surface area contributed by atoms with Gasteiger partial charge in [0.1, 0.15) is 9.77 Å². The van der Waals surface area contributed by atoms with Crippen molar-refractivity contribution in [1.29, 1.82) is 0 Å². The summed E-state index contributed by atoms with van der Waals surface area (Å²) < 4.78 is 37.1. The number of carbonyl (C=O) groups is 1. The summed E-state index contributed by atoms with van der Waals surface area (Å²) in [6.45, 7) is 3.86. The standard InChI is InChI=1S/C14H19NO5S2/c1-10-8-11(10)9-20-14(16)13-12(2-7-21-13)22(17,18)15-3-5-19-6-4-15/h2,7,10-11H,3-6,8-9H2,1H3/t10-,11+/m0/s1. The Morgan fingerprint density at radius 2 is 2.14 bits per heavy atom. The van der Waals surface area contributed by atoms with E-state index in [9.17, 15) is 13.2 Å². The van der Waals surface area contributed by atoms with Gasteiger partial charge in [-0.05, 0) is 29.7 Å². The van der Waals surface area contributed by atoms with Crippen LogP contribution in [0.4, 0.5) is 0 Å². The summed E-state index contributed by atoms with van der Waals surface area (Å²) in [5.74, 6) is 0.469. The molecule has 8 heteroatoms. The lowest BCUT2D eigenvalue weighted by Crippen LogP contribution is -2.40. The van der Waals surface area contributed by atoms with Crippen molar-refractivity contribution in [3.05, 3.63) is 16.3 Å². The SMILES string of the molecule is C[C@H]1C[C@@H]1COC(=O)c1sccc1S(=O)(=O)N1CCOCC1. The van der Waals surface area contributed by atoms with E-state index in [1.807, 2.05) is 0 Å². The molecule has 2 fully saturated rings. The molecule has 0 aromatic carbocycles. The van der Waals surface area contributed by atoms with E-state index in [1.54, 1.807) is 5.38 Å². The third-order valence-electron chi connectivity index (χ3n) is 4.11. The molecule has 1 aliphatic heterocycles. The van der Waals surface area contributed by atoms with Crippen LogP contribution in [0.25, 0.3) is 0 Å². The fourth-order valence-corrected chi connectivity index (χ4v) is 5.15. The van der Waals surface area contributed by atoms with Gasteiger partial charge < -0.3 is 9.47 Å². The molecule has 1 saturated carbocycles. The minimum atomic E-state index is -3.67. The van der Waals surface area contributed by atoms with Crippen molar-refractivity contribution in [2.24, 2.45) is 11.8 Å². The highest BCUT2D eigenvalue weighted by atomic mass is 32.2. The summed E-state index contributed by atoms with van der Waals surface area (Å²) >= 11 is 1.11. The largest absolute Gasteiger partial charge is 0.461 e. The van der Waals surface area contributed by atoms with Gasteiger partial charge in [-0.1, -0.05) is 6.92 Å². The topological polar surface area (TPSA) is 72.9 Å². The van der Waals surface area contributed by atoms with Crippen LogP contribution >= 0.6 is 11.3 Å². The lowest BCUT2D eigenvalue weighted by atomic mass is 10.4. The van der Waals surface area contributed by atoms with Crippen LogP contribution in [0.1, 0.15) is 23.0 Å². The molecule has 1 aromatic heterocycles. The number of hydrogen-bond donors (Lipinski definition) is 0. The Morgan fingerprint density at radius 3 is 2.77 bits per heavy atom. The minimum absolute atomic E-state index is 0.0493. The molecule has 122 valence electrons. The summed E-state index contributed by atoms with van der Waals surface area (Å²) in [5.41, 5.74) is 0. The first-order chi connectivity index (χ1) is 10.5. The highest BCUT2D eigenvalue weighted by Gasteiger charge is 2.35. The number of morpholine rings is 1. The average molecular weight is 345 g/mol. The van der Waals surface area contributed by atoms with E-state index in [1.165, 1.54) is 10.4 Å². The molecule has 1 aliphatic carbocycles. The van der Waals surface area contributed by atoms with Crippen LogP contribution in [-0.4, -0.2) is 51.6 Å². The zero-order chi connectivity index (χ0) is 15.7. The van der Waals surface area contributed by atoms with Gasteiger partial charge in [0.2, 0.25) is 10.0 Å². The zero-order valence-corrected chi connectivity index (χ0v) is 14.0. The van der Waals surface area contributed by atoms with E-state index in [-0.39, 0.29) is 9.77 Å². The number of nitrogens with zero attached hydrogens (tertiary/aromatic N) is 1. The molecule has 2 heterocycles. The molecule has 1 aromatic rings. The molecule has 0 amide bonds. The average Bonchev–Trinajstić information content (AvgIpc) is 3.02. The molecule has 0 unspecified atom stereocenters. The maximum Gasteiger partial charge on any atom is 0.349 e. The molecule has 6 nitrogen and oxygen atoms in total. The van der Waals surface area contributed by atoms with Gasteiger partial charge in [-0.3, -0.25) is 0 Å². The van der Waals surface area contributed by atoms with Crippen molar-refractivity contribution in [2.45, 2.75) is 18.2 Å². The third-order valence-corrected chi connectivity index (χ3v) is 7.07. The normalized spacial score (nSPS) is 25.9. The molecular weight excluding hydrogens is 326 g/mol. The second-order valence-corrected chi connectivity index (χ2v) is 8.52. The fraction of sp³-hybridized carbons (Fsp3) is 0.643. The van der Waals surface area contributed by atoms with E-state index >= 15 is 0 Å². The van der Waals surface area contributed by atoms with Gasteiger partial charge in [0.05, 0.1) is 19.8 Å². The Labute approximate surface area is 134 Å². The predicted octanol–water partition coefficient (Wildman–Crippen LogP) is 1.58. The Morgan fingerprint density at radius 1 is 1.45 bits per heavy atom. The highest BCUT2D eigenvalue weighted by molar-refractivity contribution is 7.89. The van der Waals surface area contributed by atoms with E-state index in [2.05, 4.69) is 6.92 Å². The van der Waals surface area contributed by atoms with Gasteiger partial charge in [0, 0.05) is 13.1 Å². The molecule has 2 atom stereocenters. The first-order valence-corrected chi connectivity index (χ1v) is 9.64. The Kier molecular flexibility index (Phi) is 4.54. The van der Waals surface area contributed by atoms with Crippen molar-refractivity contribution in [1.82, 2.24) is 4.31 Å². The van der Waals surface area contributed by atoms with Gasteiger partial charge in [-0.25, -0.2) is 13.2 Å². The number of rotatable bonds is 5. The van der Waals surface area contributed by atoms with Crippen LogP contribution in [0.5, 0.6) is 0 Å². The molecular formula is C14H19NO5S2. The van der Waals surface area contributed by atoms with Crippen molar-refractivity contribution in [3.8, 4) is 0 Å². The number of sulfonamides is 1. The highest BCUT2D eigenvalue weighted by Crippen LogP contribution is 2.38. The third kappa shape index (κ3) is 3.19. The second-order valence-electron chi connectivity index (χ2n) is 5.70. The molecule has 2 aliphatic rings. The minimum Gasteiger partial charge on any atom is -0.461 e. The Bertz CT molecular complexity index is 648. The molecule has 0 N–H and O–H groups in total. The first kappa shape index (κ1) is 15.9. The number of ether oxygens (including phenoxy) is 2. The molecule has 22 heavy (non-hydrogen) atoms. The fourth-order valence-electron chi connectivity index (χ4n) is 2.46. The molecule has 3 rings (SSSR count).